The first kappa shape index (κ1) is 19.7. The molecule has 2 rings (SSSR count). The molecule has 0 atom stereocenters. The summed E-state index contributed by atoms with van der Waals surface area (Å²) >= 11 is 3.28. The van der Waals surface area contributed by atoms with E-state index in [1.807, 2.05) is 0 Å². The van der Waals surface area contributed by atoms with E-state index in [1.54, 1.807) is 29.2 Å². The Morgan fingerprint density at radius 3 is 2.48 bits per heavy atom. The molecule has 1 fully saturated rings. The minimum Gasteiger partial charge on any atom is -0.352 e. The molecule has 0 aliphatic carbocycles. The van der Waals surface area contributed by atoms with Gasteiger partial charge in [-0.2, -0.15) is 4.31 Å². The molecule has 0 bridgehead atoms. The van der Waals surface area contributed by atoms with E-state index >= 15 is 0 Å². The second kappa shape index (κ2) is 8.63. The van der Waals surface area contributed by atoms with Crippen LogP contribution in [-0.4, -0.2) is 62.3 Å². The van der Waals surface area contributed by atoms with Gasteiger partial charge in [-0.15, -0.1) is 0 Å². The van der Waals surface area contributed by atoms with Gasteiger partial charge in [0.25, 0.3) is 0 Å². The van der Waals surface area contributed by atoms with E-state index in [0.29, 0.717) is 36.9 Å². The summed E-state index contributed by atoms with van der Waals surface area (Å²) in [6.07, 6.45) is 0.789. The number of nitrogens with one attached hydrogen (secondary N) is 1. The molecule has 8 nitrogen and oxygen atoms in total. The van der Waals surface area contributed by atoms with E-state index in [9.17, 15) is 18.0 Å². The lowest BCUT2D eigenvalue weighted by Gasteiger charge is -2.34. The summed E-state index contributed by atoms with van der Waals surface area (Å²) in [5.41, 5.74) is 4.95. The van der Waals surface area contributed by atoms with Crippen LogP contribution in [-0.2, 0) is 14.8 Å². The van der Waals surface area contributed by atoms with Crippen molar-refractivity contribution in [1.82, 2.24) is 14.5 Å². The second-order valence-corrected chi connectivity index (χ2v) is 8.49. The van der Waals surface area contributed by atoms with Crippen molar-refractivity contribution in [3.05, 3.63) is 28.7 Å². The summed E-state index contributed by atoms with van der Waals surface area (Å²) < 4.78 is 27.4. The van der Waals surface area contributed by atoms with E-state index in [4.69, 9.17) is 5.73 Å². The third kappa shape index (κ3) is 5.41. The Balaban J connectivity index is 1.86. The summed E-state index contributed by atoms with van der Waals surface area (Å²) in [6, 6.07) is 5.96. The number of nitrogens with two attached hydrogens (primary N) is 1. The molecule has 1 saturated heterocycles. The van der Waals surface area contributed by atoms with E-state index in [2.05, 4.69) is 21.2 Å². The maximum Gasteiger partial charge on any atom is 0.312 e. The number of carbonyl (C=O) groups is 2. The van der Waals surface area contributed by atoms with Gasteiger partial charge in [0.15, 0.2) is 0 Å². The number of hydrogen-bond acceptors (Lipinski definition) is 4. The molecule has 1 heterocycles. The van der Waals surface area contributed by atoms with E-state index < -0.39 is 16.1 Å². The van der Waals surface area contributed by atoms with Crippen LogP contribution in [0.1, 0.15) is 12.8 Å². The Morgan fingerprint density at radius 2 is 1.88 bits per heavy atom. The molecular formula is C15H21BrN4O4S. The van der Waals surface area contributed by atoms with Gasteiger partial charge >= 0.3 is 6.03 Å². The smallest absolute Gasteiger partial charge is 0.312 e. The molecule has 1 aromatic carbocycles. The molecule has 0 aromatic heterocycles. The average molecular weight is 433 g/mol. The summed E-state index contributed by atoms with van der Waals surface area (Å²) in [4.78, 5) is 24.6. The lowest BCUT2D eigenvalue weighted by molar-refractivity contribution is -0.132. The highest BCUT2D eigenvalue weighted by Crippen LogP contribution is 2.21. The molecule has 25 heavy (non-hydrogen) atoms. The summed E-state index contributed by atoms with van der Waals surface area (Å²) in [7, 11) is -3.56. The highest BCUT2D eigenvalue weighted by atomic mass is 79.9. The van der Waals surface area contributed by atoms with Gasteiger partial charge in [0.05, 0.1) is 4.90 Å². The molecular weight excluding hydrogens is 412 g/mol. The molecule has 3 N–H and O–H groups in total. The minimum absolute atomic E-state index is 0.0502. The Kier molecular flexibility index (Phi) is 6.79. The van der Waals surface area contributed by atoms with Crippen LogP contribution in [0.25, 0.3) is 0 Å². The normalized spacial score (nSPS) is 15.8. The summed E-state index contributed by atoms with van der Waals surface area (Å²) in [5.74, 6) is -0.0502. The topological polar surface area (TPSA) is 113 Å². The zero-order chi connectivity index (χ0) is 18.4. The number of benzene rings is 1. The van der Waals surface area contributed by atoms with Crippen molar-refractivity contribution in [2.45, 2.75) is 17.7 Å². The molecule has 0 spiro atoms. The number of carbonyl (C=O) groups excluding carboxylic acids is 2. The minimum atomic E-state index is -3.56. The lowest BCUT2D eigenvalue weighted by Crippen LogP contribution is -2.50. The maximum atomic E-state index is 12.6. The molecule has 1 aliphatic rings. The van der Waals surface area contributed by atoms with Gasteiger partial charge in [-0.25, -0.2) is 13.2 Å². The number of halogens is 1. The Morgan fingerprint density at radius 1 is 1.20 bits per heavy atom. The number of rotatable bonds is 6. The van der Waals surface area contributed by atoms with Crippen LogP contribution < -0.4 is 11.1 Å². The number of primary amides is 1. The van der Waals surface area contributed by atoms with Crippen LogP contribution in [0.4, 0.5) is 4.79 Å². The molecule has 1 aromatic rings. The van der Waals surface area contributed by atoms with Crippen LogP contribution in [0.2, 0.25) is 0 Å². The summed E-state index contributed by atoms with van der Waals surface area (Å²) in [6.45, 7) is 1.59. The Hall–Kier alpha value is -1.65. The zero-order valence-electron chi connectivity index (χ0n) is 13.7. The number of sulfonamides is 1. The molecule has 1 aliphatic heterocycles. The zero-order valence-corrected chi connectivity index (χ0v) is 16.1. The summed E-state index contributed by atoms with van der Waals surface area (Å²) in [5, 5.41) is 2.43. The van der Waals surface area contributed by atoms with Crippen molar-refractivity contribution in [1.29, 1.82) is 0 Å². The van der Waals surface area contributed by atoms with Crippen LogP contribution in [0.5, 0.6) is 0 Å². The van der Waals surface area contributed by atoms with Crippen LogP contribution in [0, 0.1) is 0 Å². The standard InChI is InChI=1S/C15H21BrN4O4S/c16-12-3-1-4-13(11-12)25(23,24)20-9-7-19(8-10-20)14(21)5-2-6-18-15(17)22/h1,3-4,11H,2,5-10H2,(H3,17,18,22). The lowest BCUT2D eigenvalue weighted by atomic mass is 10.2. The van der Waals surface area contributed by atoms with Crippen molar-refractivity contribution in [2.24, 2.45) is 5.73 Å². The fourth-order valence-electron chi connectivity index (χ4n) is 2.56. The number of hydrogen-bond donors (Lipinski definition) is 2. The maximum absolute atomic E-state index is 12.6. The van der Waals surface area contributed by atoms with Gasteiger partial charge in [-0.3, -0.25) is 4.79 Å². The van der Waals surface area contributed by atoms with Crippen LogP contribution in [0.15, 0.2) is 33.6 Å². The van der Waals surface area contributed by atoms with Crippen LogP contribution >= 0.6 is 15.9 Å². The fraction of sp³-hybridized carbons (Fsp3) is 0.467. The van der Waals surface area contributed by atoms with Crippen molar-refractivity contribution >= 4 is 37.9 Å². The van der Waals surface area contributed by atoms with E-state index in [0.717, 1.165) is 0 Å². The first-order chi connectivity index (χ1) is 11.8. The molecule has 0 unspecified atom stereocenters. The molecule has 10 heteroatoms. The van der Waals surface area contributed by atoms with Gasteiger partial charge in [0.1, 0.15) is 0 Å². The predicted octanol–water partition coefficient (Wildman–Crippen LogP) is 0.731. The molecule has 138 valence electrons. The first-order valence-corrected chi connectivity index (χ1v) is 10.1. The highest BCUT2D eigenvalue weighted by Gasteiger charge is 2.29. The monoisotopic (exact) mass is 432 g/mol. The third-order valence-corrected chi connectivity index (χ3v) is 6.28. The Labute approximate surface area is 155 Å². The average Bonchev–Trinajstić information content (AvgIpc) is 2.58. The van der Waals surface area contributed by atoms with E-state index in [-0.39, 0.29) is 23.9 Å². The number of piperazine rings is 1. The molecule has 0 saturated carbocycles. The molecule has 3 amide bonds. The van der Waals surface area contributed by atoms with Gasteiger partial charge in [-0.1, -0.05) is 22.0 Å². The van der Waals surface area contributed by atoms with Crippen molar-refractivity contribution in [2.75, 3.05) is 32.7 Å². The quantitative estimate of drug-likeness (QED) is 0.644. The van der Waals surface area contributed by atoms with Crippen LogP contribution in [0.3, 0.4) is 0 Å². The van der Waals surface area contributed by atoms with Gasteiger partial charge in [0.2, 0.25) is 15.9 Å². The predicted molar refractivity (Wildman–Crippen MR) is 96.3 cm³/mol. The highest BCUT2D eigenvalue weighted by molar-refractivity contribution is 9.10. The van der Waals surface area contributed by atoms with Crippen molar-refractivity contribution < 1.29 is 18.0 Å². The first-order valence-electron chi connectivity index (χ1n) is 7.87. The number of urea groups is 1. The van der Waals surface area contributed by atoms with Gasteiger partial charge in [0, 0.05) is 43.6 Å². The van der Waals surface area contributed by atoms with Crippen molar-refractivity contribution in [3.8, 4) is 0 Å². The third-order valence-electron chi connectivity index (χ3n) is 3.89. The second-order valence-electron chi connectivity index (χ2n) is 5.64. The van der Waals surface area contributed by atoms with Crippen molar-refractivity contribution in [3.63, 3.8) is 0 Å². The van der Waals surface area contributed by atoms with Gasteiger partial charge in [-0.05, 0) is 24.6 Å². The number of amides is 3. The Bertz CT molecular complexity index is 733. The fourth-order valence-corrected chi connectivity index (χ4v) is 4.58. The SMILES string of the molecule is NC(=O)NCCCC(=O)N1CCN(S(=O)(=O)c2cccc(Br)c2)CC1. The van der Waals surface area contributed by atoms with Gasteiger partial charge < -0.3 is 16.0 Å². The molecule has 0 radical (unpaired) electrons. The number of nitrogens with zero attached hydrogens (tertiary/aromatic N) is 2. The van der Waals surface area contributed by atoms with E-state index in [1.165, 1.54) is 4.31 Å². The largest absolute Gasteiger partial charge is 0.352 e.